The van der Waals surface area contributed by atoms with Crippen LogP contribution in [0, 0.1) is 5.92 Å². The lowest BCUT2D eigenvalue weighted by molar-refractivity contribution is 0.0141. The van der Waals surface area contributed by atoms with E-state index >= 15 is 0 Å². The fourth-order valence-corrected chi connectivity index (χ4v) is 1.83. The van der Waals surface area contributed by atoms with Gasteiger partial charge in [-0.15, -0.1) is 0 Å². The maximum atomic E-state index is 9.90. The van der Waals surface area contributed by atoms with Gasteiger partial charge in [-0.3, -0.25) is 4.90 Å². The van der Waals surface area contributed by atoms with E-state index in [0.717, 1.165) is 26.3 Å². The molecule has 1 aliphatic rings. The molecular formula is C12H26N2O3. The Labute approximate surface area is 104 Å². The van der Waals surface area contributed by atoms with Gasteiger partial charge in [-0.25, -0.2) is 0 Å². The minimum absolute atomic E-state index is 0.174. The van der Waals surface area contributed by atoms with E-state index in [1.54, 1.807) is 0 Å². The Bertz CT molecular complexity index is 198. The Balaban J connectivity index is 2.13. The normalized spacial score (nSPS) is 23.3. The van der Waals surface area contributed by atoms with Crippen LogP contribution in [0.1, 0.15) is 13.8 Å². The summed E-state index contributed by atoms with van der Waals surface area (Å²) in [5.74, 6) is 0.214. The van der Waals surface area contributed by atoms with Crippen molar-refractivity contribution >= 4 is 0 Å². The molecule has 0 aromatic heterocycles. The highest BCUT2D eigenvalue weighted by molar-refractivity contribution is 4.73. The van der Waals surface area contributed by atoms with E-state index in [-0.39, 0.29) is 24.7 Å². The minimum Gasteiger partial charge on any atom is -0.396 e. The first-order valence-corrected chi connectivity index (χ1v) is 6.46. The van der Waals surface area contributed by atoms with E-state index in [4.69, 9.17) is 9.84 Å². The first-order chi connectivity index (χ1) is 8.13. The molecule has 3 unspecified atom stereocenters. The van der Waals surface area contributed by atoms with E-state index in [0.29, 0.717) is 13.1 Å². The molecule has 0 spiro atoms. The van der Waals surface area contributed by atoms with Gasteiger partial charge in [-0.05, 0) is 12.8 Å². The molecule has 1 aliphatic heterocycles. The van der Waals surface area contributed by atoms with Crippen LogP contribution in [0.25, 0.3) is 0 Å². The maximum absolute atomic E-state index is 9.90. The number of β-amino-alcohol motifs (C(OH)–C–C–N with tert-alkyl or cyclic N) is 1. The van der Waals surface area contributed by atoms with E-state index in [9.17, 15) is 5.11 Å². The molecule has 5 heteroatoms. The standard InChI is InChI=1S/C12H26N2O3/c1-10(9-15)11(2)13-7-12(16)8-14-3-5-17-6-4-14/h10-13,15-16H,3-9H2,1-2H3. The van der Waals surface area contributed by atoms with Crippen molar-refractivity contribution in [3.63, 3.8) is 0 Å². The van der Waals surface area contributed by atoms with Gasteiger partial charge in [-0.2, -0.15) is 0 Å². The number of ether oxygens (including phenoxy) is 1. The van der Waals surface area contributed by atoms with Crippen molar-refractivity contribution < 1.29 is 14.9 Å². The van der Waals surface area contributed by atoms with Crippen molar-refractivity contribution in [2.75, 3.05) is 46.0 Å². The second-order valence-corrected chi connectivity index (χ2v) is 4.92. The van der Waals surface area contributed by atoms with Crippen LogP contribution in [-0.4, -0.2) is 73.3 Å². The van der Waals surface area contributed by atoms with Gasteiger partial charge in [0.25, 0.3) is 0 Å². The van der Waals surface area contributed by atoms with Crippen LogP contribution < -0.4 is 5.32 Å². The predicted octanol–water partition coefficient (Wildman–Crippen LogP) is -0.714. The van der Waals surface area contributed by atoms with Gasteiger partial charge in [0.15, 0.2) is 0 Å². The summed E-state index contributed by atoms with van der Waals surface area (Å²) >= 11 is 0. The van der Waals surface area contributed by atoms with Crippen molar-refractivity contribution in [1.29, 1.82) is 0 Å². The van der Waals surface area contributed by atoms with Gasteiger partial charge in [0.05, 0.1) is 19.3 Å². The fourth-order valence-electron chi connectivity index (χ4n) is 1.83. The number of hydrogen-bond acceptors (Lipinski definition) is 5. The predicted molar refractivity (Wildman–Crippen MR) is 67.0 cm³/mol. The third kappa shape index (κ3) is 5.79. The topological polar surface area (TPSA) is 65.0 Å². The highest BCUT2D eigenvalue weighted by Crippen LogP contribution is 2.02. The molecule has 3 atom stereocenters. The summed E-state index contributed by atoms with van der Waals surface area (Å²) in [5, 5.41) is 22.2. The number of aliphatic hydroxyl groups is 2. The molecule has 0 aromatic rings. The molecule has 1 rings (SSSR count). The van der Waals surface area contributed by atoms with Crippen molar-refractivity contribution in [3.05, 3.63) is 0 Å². The Kier molecular flexibility index (Phi) is 6.99. The third-order valence-electron chi connectivity index (χ3n) is 3.39. The van der Waals surface area contributed by atoms with Gasteiger partial charge in [0.2, 0.25) is 0 Å². The number of nitrogens with one attached hydrogen (secondary N) is 1. The van der Waals surface area contributed by atoms with E-state index in [1.807, 2.05) is 13.8 Å². The largest absolute Gasteiger partial charge is 0.396 e. The molecule has 0 radical (unpaired) electrons. The molecule has 1 heterocycles. The van der Waals surface area contributed by atoms with Crippen molar-refractivity contribution in [3.8, 4) is 0 Å². The average molecular weight is 246 g/mol. The zero-order valence-corrected chi connectivity index (χ0v) is 10.9. The molecule has 0 saturated carbocycles. The molecular weight excluding hydrogens is 220 g/mol. The fraction of sp³-hybridized carbons (Fsp3) is 1.00. The Hall–Kier alpha value is -0.200. The number of nitrogens with zero attached hydrogens (tertiary/aromatic N) is 1. The molecule has 0 aliphatic carbocycles. The van der Waals surface area contributed by atoms with Crippen LogP contribution in [0.15, 0.2) is 0 Å². The Morgan fingerprint density at radius 3 is 2.53 bits per heavy atom. The van der Waals surface area contributed by atoms with Crippen LogP contribution in [-0.2, 0) is 4.74 Å². The highest BCUT2D eigenvalue weighted by Gasteiger charge is 2.16. The highest BCUT2D eigenvalue weighted by atomic mass is 16.5. The summed E-state index contributed by atoms with van der Waals surface area (Å²) in [6.45, 7) is 8.79. The van der Waals surface area contributed by atoms with E-state index in [1.165, 1.54) is 0 Å². The molecule has 17 heavy (non-hydrogen) atoms. The first kappa shape index (κ1) is 14.9. The van der Waals surface area contributed by atoms with Gasteiger partial charge < -0.3 is 20.3 Å². The van der Waals surface area contributed by atoms with Crippen molar-refractivity contribution in [2.45, 2.75) is 26.0 Å². The van der Waals surface area contributed by atoms with Crippen LogP contribution in [0.4, 0.5) is 0 Å². The molecule has 102 valence electrons. The molecule has 5 nitrogen and oxygen atoms in total. The maximum Gasteiger partial charge on any atom is 0.0791 e. The quantitative estimate of drug-likeness (QED) is 0.554. The molecule has 1 saturated heterocycles. The third-order valence-corrected chi connectivity index (χ3v) is 3.39. The Morgan fingerprint density at radius 1 is 1.29 bits per heavy atom. The number of rotatable bonds is 7. The summed E-state index contributed by atoms with van der Waals surface area (Å²) < 4.78 is 5.26. The number of hydrogen-bond donors (Lipinski definition) is 3. The molecule has 0 amide bonds. The Morgan fingerprint density at radius 2 is 1.94 bits per heavy atom. The number of morpholine rings is 1. The lowest BCUT2D eigenvalue weighted by atomic mass is 10.1. The average Bonchev–Trinajstić information content (AvgIpc) is 2.36. The van der Waals surface area contributed by atoms with Gasteiger partial charge in [0.1, 0.15) is 0 Å². The lowest BCUT2D eigenvalue weighted by Gasteiger charge is -2.29. The second kappa shape index (κ2) is 8.00. The monoisotopic (exact) mass is 246 g/mol. The smallest absolute Gasteiger partial charge is 0.0791 e. The van der Waals surface area contributed by atoms with Crippen molar-refractivity contribution in [1.82, 2.24) is 10.2 Å². The minimum atomic E-state index is -0.360. The number of aliphatic hydroxyl groups excluding tert-OH is 2. The summed E-state index contributed by atoms with van der Waals surface area (Å²) in [7, 11) is 0. The summed E-state index contributed by atoms with van der Waals surface area (Å²) in [6, 6.07) is 0.222. The molecule has 1 fully saturated rings. The molecule has 0 aromatic carbocycles. The first-order valence-electron chi connectivity index (χ1n) is 6.46. The zero-order chi connectivity index (χ0) is 12.7. The van der Waals surface area contributed by atoms with Gasteiger partial charge in [-0.1, -0.05) is 6.92 Å². The summed E-state index contributed by atoms with van der Waals surface area (Å²) in [4.78, 5) is 2.22. The lowest BCUT2D eigenvalue weighted by Crippen LogP contribution is -2.46. The van der Waals surface area contributed by atoms with Crippen LogP contribution in [0.3, 0.4) is 0 Å². The van der Waals surface area contributed by atoms with Gasteiger partial charge in [0, 0.05) is 38.8 Å². The van der Waals surface area contributed by atoms with Crippen LogP contribution in [0.5, 0.6) is 0 Å². The van der Waals surface area contributed by atoms with E-state index < -0.39 is 0 Å². The van der Waals surface area contributed by atoms with Crippen molar-refractivity contribution in [2.24, 2.45) is 5.92 Å². The zero-order valence-electron chi connectivity index (χ0n) is 10.9. The SMILES string of the molecule is CC(CO)C(C)NCC(O)CN1CCOCC1. The molecule has 3 N–H and O–H groups in total. The second-order valence-electron chi connectivity index (χ2n) is 4.92. The van der Waals surface area contributed by atoms with E-state index in [2.05, 4.69) is 10.2 Å². The summed E-state index contributed by atoms with van der Waals surface area (Å²) in [5.41, 5.74) is 0. The van der Waals surface area contributed by atoms with Gasteiger partial charge >= 0.3 is 0 Å². The van der Waals surface area contributed by atoms with Crippen LogP contribution in [0.2, 0.25) is 0 Å². The summed E-state index contributed by atoms with van der Waals surface area (Å²) in [6.07, 6.45) is -0.360. The molecule has 0 bridgehead atoms. The van der Waals surface area contributed by atoms with Crippen LogP contribution >= 0.6 is 0 Å².